The first-order valence-corrected chi connectivity index (χ1v) is 14.9. The Bertz CT molecular complexity index is 1690. The highest BCUT2D eigenvalue weighted by molar-refractivity contribution is 8.04. The molecule has 204 valence electrons. The van der Waals surface area contributed by atoms with Crippen LogP contribution in [0.3, 0.4) is 0 Å². The Morgan fingerprint density at radius 2 is 1.54 bits per heavy atom. The van der Waals surface area contributed by atoms with Crippen LogP contribution in [0.5, 0.6) is 0 Å². The number of Topliss-reactive ketones (excluding diaryl/α,β-unsaturated/α-hetero) is 2. The van der Waals surface area contributed by atoms with Gasteiger partial charge in [-0.1, -0.05) is 78.1 Å². The zero-order valence-electron chi connectivity index (χ0n) is 22.7. The smallest absolute Gasteiger partial charge is 0.197 e. The predicted octanol–water partition coefficient (Wildman–Crippen LogP) is 5.51. The Kier molecular flexibility index (Phi) is 7.43. The third kappa shape index (κ3) is 5.05. The second kappa shape index (κ2) is 11.3. The number of ketones is 2. The Hall–Kier alpha value is -4.26. The van der Waals surface area contributed by atoms with Crippen molar-refractivity contribution in [3.05, 3.63) is 106 Å². The molecule has 3 aliphatic heterocycles. The molecule has 3 aliphatic rings. The second-order valence-corrected chi connectivity index (χ2v) is 11.9. The number of anilines is 2. The van der Waals surface area contributed by atoms with E-state index in [1.54, 1.807) is 11.8 Å². The molecule has 9 heteroatoms. The number of nitrogens with zero attached hydrogens (tertiary/aromatic N) is 5. The van der Waals surface area contributed by atoms with Gasteiger partial charge in [0.05, 0.1) is 28.5 Å². The summed E-state index contributed by atoms with van der Waals surface area (Å²) in [6.45, 7) is 0.560. The van der Waals surface area contributed by atoms with Crippen molar-refractivity contribution in [2.45, 2.75) is 16.2 Å². The van der Waals surface area contributed by atoms with Gasteiger partial charge in [0.2, 0.25) is 0 Å². The first kappa shape index (κ1) is 26.9. The van der Waals surface area contributed by atoms with Gasteiger partial charge in [-0.05, 0) is 36.2 Å². The Labute approximate surface area is 247 Å². The van der Waals surface area contributed by atoms with Gasteiger partial charge in [-0.15, -0.1) is 0 Å². The summed E-state index contributed by atoms with van der Waals surface area (Å²) in [5.41, 5.74) is 3.75. The third-order valence-electron chi connectivity index (χ3n) is 7.32. The lowest BCUT2D eigenvalue weighted by molar-refractivity contribution is -0.115. The number of likely N-dealkylation sites (tertiary alicyclic amines) is 1. The molecule has 0 amide bonds. The lowest BCUT2D eigenvalue weighted by Gasteiger charge is -2.20. The lowest BCUT2D eigenvalue weighted by atomic mass is 10.1. The standard InChI is InChI=1S/C32H27N5O2S2/c1-35-23-12-6-8-14-27(23)40-31(35)22(18-33)25(38)19-34-30-29(32-36(2)24-13-7-9-15-28(24)41-32)26(39)20-37(30)17-16-21-10-4-3-5-11-21/h3-15H,16-17,19-20H2,1-2H3. The van der Waals surface area contributed by atoms with E-state index in [-0.39, 0.29) is 30.2 Å². The van der Waals surface area contributed by atoms with Crippen molar-refractivity contribution in [3.8, 4) is 6.07 Å². The molecule has 0 radical (unpaired) electrons. The maximum Gasteiger partial charge on any atom is 0.197 e. The van der Waals surface area contributed by atoms with Crippen molar-refractivity contribution >= 4 is 52.3 Å². The SMILES string of the molecule is CN1C(=C(C#N)C(=O)CN=C2C(=C3Sc4ccccc4N3C)C(=O)CN2CCc2ccccc2)Sc2ccccc21. The minimum atomic E-state index is -0.371. The second-order valence-electron chi connectivity index (χ2n) is 9.87. The van der Waals surface area contributed by atoms with Crippen LogP contribution in [0, 0.1) is 11.3 Å². The Morgan fingerprint density at radius 1 is 0.902 bits per heavy atom. The van der Waals surface area contributed by atoms with E-state index in [0.29, 0.717) is 23.0 Å². The summed E-state index contributed by atoms with van der Waals surface area (Å²) in [6.07, 6.45) is 0.736. The largest absolute Gasteiger partial charge is 0.348 e. The highest BCUT2D eigenvalue weighted by Crippen LogP contribution is 2.48. The van der Waals surface area contributed by atoms with E-state index in [0.717, 1.165) is 38.2 Å². The van der Waals surface area contributed by atoms with Crippen LogP contribution in [-0.2, 0) is 16.0 Å². The van der Waals surface area contributed by atoms with Crippen molar-refractivity contribution < 1.29 is 9.59 Å². The normalized spacial score (nSPS) is 20.0. The van der Waals surface area contributed by atoms with Crippen molar-refractivity contribution in [2.75, 3.05) is 43.5 Å². The Balaban J connectivity index is 1.34. The fourth-order valence-electron chi connectivity index (χ4n) is 5.20. The van der Waals surface area contributed by atoms with Crippen LogP contribution in [0.15, 0.2) is 115 Å². The van der Waals surface area contributed by atoms with Gasteiger partial charge in [0.25, 0.3) is 0 Å². The molecule has 0 aromatic heterocycles. The van der Waals surface area contributed by atoms with Crippen LogP contribution in [0.1, 0.15) is 5.56 Å². The zero-order chi connectivity index (χ0) is 28.5. The Morgan fingerprint density at radius 3 is 2.20 bits per heavy atom. The molecule has 1 saturated heterocycles. The maximum absolute atomic E-state index is 13.5. The van der Waals surface area contributed by atoms with Gasteiger partial charge in [-0.25, -0.2) is 0 Å². The summed E-state index contributed by atoms with van der Waals surface area (Å²) in [4.78, 5) is 39.7. The van der Waals surface area contributed by atoms with Crippen molar-refractivity contribution in [1.82, 2.24) is 4.90 Å². The molecule has 1 fully saturated rings. The summed E-state index contributed by atoms with van der Waals surface area (Å²) in [5, 5.41) is 11.4. The molecule has 3 aromatic carbocycles. The molecule has 0 N–H and O–H groups in total. The molecular weight excluding hydrogens is 551 g/mol. The molecular formula is C32H27N5O2S2. The monoisotopic (exact) mass is 577 g/mol. The van der Waals surface area contributed by atoms with Gasteiger partial charge in [-0.3, -0.25) is 14.6 Å². The van der Waals surface area contributed by atoms with Gasteiger partial charge < -0.3 is 14.7 Å². The number of carbonyl (C=O) groups is 2. The maximum atomic E-state index is 13.5. The van der Waals surface area contributed by atoms with E-state index in [4.69, 9.17) is 4.99 Å². The van der Waals surface area contributed by atoms with Gasteiger partial charge in [-0.2, -0.15) is 5.26 Å². The molecule has 0 atom stereocenters. The molecule has 7 nitrogen and oxygen atoms in total. The number of hydrogen-bond acceptors (Lipinski definition) is 8. The molecule has 0 spiro atoms. The lowest BCUT2D eigenvalue weighted by Crippen LogP contribution is -2.29. The number of benzene rings is 3. The van der Waals surface area contributed by atoms with Gasteiger partial charge >= 0.3 is 0 Å². The highest BCUT2D eigenvalue weighted by Gasteiger charge is 2.38. The first-order chi connectivity index (χ1) is 20.0. The van der Waals surface area contributed by atoms with E-state index < -0.39 is 0 Å². The number of nitriles is 1. The minimum Gasteiger partial charge on any atom is -0.348 e. The highest BCUT2D eigenvalue weighted by atomic mass is 32.2. The molecule has 0 aliphatic carbocycles. The molecule has 0 unspecified atom stereocenters. The number of aliphatic imine (C=N–C) groups is 1. The quantitative estimate of drug-likeness (QED) is 0.280. The van der Waals surface area contributed by atoms with Gasteiger partial charge in [0.1, 0.15) is 29.1 Å². The number of thioether (sulfide) groups is 2. The number of rotatable bonds is 6. The zero-order valence-corrected chi connectivity index (χ0v) is 24.3. The average Bonchev–Trinajstić information content (AvgIpc) is 3.62. The molecule has 3 aromatic rings. The number of hydrogen-bond donors (Lipinski definition) is 0. The van der Waals surface area contributed by atoms with Crippen LogP contribution < -0.4 is 9.80 Å². The summed E-state index contributed by atoms with van der Waals surface area (Å²) < 4.78 is 0. The summed E-state index contributed by atoms with van der Waals surface area (Å²) in [6, 6.07) is 28.1. The fourth-order valence-corrected chi connectivity index (χ4v) is 7.56. The van der Waals surface area contributed by atoms with Crippen LogP contribution in [0.2, 0.25) is 0 Å². The summed E-state index contributed by atoms with van der Waals surface area (Å²) >= 11 is 2.96. The van der Waals surface area contributed by atoms with Crippen molar-refractivity contribution in [2.24, 2.45) is 4.99 Å². The van der Waals surface area contributed by atoms with Crippen LogP contribution in [-0.4, -0.2) is 56.0 Å². The van der Waals surface area contributed by atoms with E-state index in [9.17, 15) is 14.9 Å². The number of amidine groups is 1. The topological polar surface area (TPSA) is 80.0 Å². The van der Waals surface area contributed by atoms with Gasteiger partial charge in [0, 0.05) is 30.4 Å². The van der Waals surface area contributed by atoms with E-state index in [2.05, 4.69) is 18.2 Å². The summed E-state index contributed by atoms with van der Waals surface area (Å²) in [7, 11) is 3.81. The van der Waals surface area contributed by atoms with E-state index in [1.165, 1.54) is 11.8 Å². The summed E-state index contributed by atoms with van der Waals surface area (Å²) in [5.74, 6) is 0.121. The third-order valence-corrected chi connectivity index (χ3v) is 9.79. The molecule has 3 heterocycles. The molecule has 6 rings (SSSR count). The fraction of sp³-hybridized carbons (Fsp3) is 0.188. The van der Waals surface area contributed by atoms with E-state index in [1.807, 2.05) is 95.5 Å². The van der Waals surface area contributed by atoms with Crippen molar-refractivity contribution in [1.29, 1.82) is 5.26 Å². The molecule has 0 bridgehead atoms. The van der Waals surface area contributed by atoms with Crippen LogP contribution in [0.4, 0.5) is 11.4 Å². The van der Waals surface area contributed by atoms with Crippen LogP contribution in [0.25, 0.3) is 0 Å². The van der Waals surface area contributed by atoms with Crippen LogP contribution >= 0.6 is 23.5 Å². The average molecular weight is 578 g/mol. The number of fused-ring (bicyclic) bond motifs is 2. The van der Waals surface area contributed by atoms with Gasteiger partial charge in [0.15, 0.2) is 11.6 Å². The molecule has 41 heavy (non-hydrogen) atoms. The van der Waals surface area contributed by atoms with E-state index >= 15 is 0 Å². The predicted molar refractivity (Wildman–Crippen MR) is 165 cm³/mol. The first-order valence-electron chi connectivity index (χ1n) is 13.3. The molecule has 0 saturated carbocycles. The minimum absolute atomic E-state index is 0.0215. The number of para-hydroxylation sites is 2. The number of carbonyl (C=O) groups excluding carboxylic acids is 2. The van der Waals surface area contributed by atoms with Crippen molar-refractivity contribution in [3.63, 3.8) is 0 Å².